The van der Waals surface area contributed by atoms with Crippen LogP contribution in [0, 0.1) is 5.82 Å². The van der Waals surface area contributed by atoms with E-state index in [1.54, 1.807) is 12.0 Å². The van der Waals surface area contributed by atoms with Crippen molar-refractivity contribution in [1.82, 2.24) is 5.01 Å². The van der Waals surface area contributed by atoms with Crippen LogP contribution in [0.3, 0.4) is 0 Å². The fourth-order valence-corrected chi connectivity index (χ4v) is 5.63. The van der Waals surface area contributed by atoms with Crippen LogP contribution in [0.2, 0.25) is 0 Å². The maximum absolute atomic E-state index is 13.5. The Morgan fingerprint density at radius 3 is 2.53 bits per heavy atom. The molecule has 0 aliphatic carbocycles. The van der Waals surface area contributed by atoms with Gasteiger partial charge in [0.1, 0.15) is 12.4 Å². The average Bonchev–Trinajstić information content (AvgIpc) is 3.33. The Morgan fingerprint density at radius 1 is 1.03 bits per heavy atom. The molecule has 0 radical (unpaired) electrons. The molecule has 3 aromatic carbocycles. The van der Waals surface area contributed by atoms with Gasteiger partial charge in [-0.1, -0.05) is 54.6 Å². The summed E-state index contributed by atoms with van der Waals surface area (Å²) in [5.74, 6) is 1.38. The predicted octanol–water partition coefficient (Wildman–Crippen LogP) is 3.95. The summed E-state index contributed by atoms with van der Waals surface area (Å²) in [6, 6.07) is 23.5. The van der Waals surface area contributed by atoms with Crippen LogP contribution < -0.4 is 14.4 Å². The fourth-order valence-electron chi connectivity index (χ4n) is 5.63. The molecule has 6 rings (SSSR count). The first-order chi connectivity index (χ1) is 16.6. The zero-order valence-electron chi connectivity index (χ0n) is 19.3. The maximum Gasteiger partial charge on any atom is 0.209 e. The van der Waals surface area contributed by atoms with Gasteiger partial charge in [-0.05, 0) is 23.8 Å². The Bertz CT molecular complexity index is 1200. The monoisotopic (exact) mass is 458 g/mol. The summed E-state index contributed by atoms with van der Waals surface area (Å²) in [7, 11) is 1.69. The lowest BCUT2D eigenvalue weighted by molar-refractivity contribution is -0.921. The van der Waals surface area contributed by atoms with Crippen molar-refractivity contribution in [1.29, 1.82) is 0 Å². The summed E-state index contributed by atoms with van der Waals surface area (Å²) in [6.07, 6.45) is 2.52. The number of piperidine rings is 1. The van der Waals surface area contributed by atoms with Crippen LogP contribution in [-0.4, -0.2) is 36.6 Å². The number of benzene rings is 3. The molecule has 3 aliphatic rings. The number of hydrazone groups is 1. The lowest BCUT2D eigenvalue weighted by Gasteiger charge is -2.50. The molecule has 0 aromatic heterocycles. The highest BCUT2D eigenvalue weighted by atomic mass is 19.1. The number of hydrogen-bond donors (Lipinski definition) is 1. The van der Waals surface area contributed by atoms with Gasteiger partial charge in [0.15, 0.2) is 11.5 Å². The third-order valence-electron chi connectivity index (χ3n) is 7.42. The number of likely N-dealkylation sites (tertiary alicyclic amines) is 1. The fraction of sp³-hybridized carbons (Fsp3) is 0.321. The number of fused-ring (bicyclic) bond motifs is 4. The number of methoxy groups -OCH3 is 1. The van der Waals surface area contributed by atoms with E-state index in [4.69, 9.17) is 14.6 Å². The third-order valence-corrected chi connectivity index (χ3v) is 7.42. The van der Waals surface area contributed by atoms with Gasteiger partial charge >= 0.3 is 0 Å². The first-order valence-corrected chi connectivity index (χ1v) is 12.0. The molecular weight excluding hydrogens is 429 g/mol. The van der Waals surface area contributed by atoms with E-state index in [2.05, 4.69) is 41.4 Å². The van der Waals surface area contributed by atoms with Crippen molar-refractivity contribution in [2.45, 2.75) is 37.6 Å². The molecule has 0 saturated carbocycles. The Labute approximate surface area is 199 Å². The van der Waals surface area contributed by atoms with Crippen LogP contribution >= 0.6 is 0 Å². The van der Waals surface area contributed by atoms with Crippen molar-refractivity contribution in [3.63, 3.8) is 0 Å². The average molecular weight is 459 g/mol. The highest BCUT2D eigenvalue weighted by Crippen LogP contribution is 2.52. The van der Waals surface area contributed by atoms with Crippen LogP contribution in [0.15, 0.2) is 77.9 Å². The highest BCUT2D eigenvalue weighted by Gasteiger charge is 2.53. The lowest BCUT2D eigenvalue weighted by atomic mass is 9.90. The van der Waals surface area contributed by atoms with Gasteiger partial charge in [0, 0.05) is 17.5 Å². The number of nitrogens with zero attached hydrogens (tertiary/aromatic N) is 2. The van der Waals surface area contributed by atoms with Gasteiger partial charge in [-0.15, -0.1) is 0 Å². The normalized spacial score (nSPS) is 25.4. The molecule has 5 nitrogen and oxygen atoms in total. The van der Waals surface area contributed by atoms with Crippen LogP contribution in [0.25, 0.3) is 0 Å². The molecule has 1 N–H and O–H groups in total. The second-order valence-corrected chi connectivity index (χ2v) is 9.46. The molecule has 1 atom stereocenters. The number of nitrogens with one attached hydrogen (secondary N) is 1. The zero-order chi connectivity index (χ0) is 23.1. The molecule has 0 bridgehead atoms. The van der Waals surface area contributed by atoms with Crippen molar-refractivity contribution < 1.29 is 18.8 Å². The molecule has 3 aliphatic heterocycles. The lowest BCUT2D eigenvalue weighted by Crippen LogP contribution is -3.12. The first-order valence-electron chi connectivity index (χ1n) is 12.0. The minimum absolute atomic E-state index is 0.0783. The van der Waals surface area contributed by atoms with Gasteiger partial charge in [0.25, 0.3) is 0 Å². The number of rotatable bonds is 4. The minimum Gasteiger partial charge on any atom is -0.493 e. The highest BCUT2D eigenvalue weighted by molar-refractivity contribution is 6.02. The van der Waals surface area contributed by atoms with Crippen molar-refractivity contribution >= 4 is 5.71 Å². The van der Waals surface area contributed by atoms with Crippen molar-refractivity contribution in [3.05, 3.63) is 95.3 Å². The van der Waals surface area contributed by atoms with E-state index in [0.717, 1.165) is 67.2 Å². The van der Waals surface area contributed by atoms with E-state index in [1.165, 1.54) is 17.7 Å². The van der Waals surface area contributed by atoms with Crippen LogP contribution in [0.5, 0.6) is 11.5 Å². The Morgan fingerprint density at radius 2 is 1.79 bits per heavy atom. The molecule has 6 heteroatoms. The standard InChI is InChI=1S/C28H28FN3O2/c1-33-26-9-5-8-23-25-18-24(21-10-12-22(29)13-11-21)30-32(25)28(34-27(23)26)14-16-31(17-15-28)19-20-6-3-2-4-7-20/h2-13,25H,14-19H2,1H3/p+1. The van der Waals surface area contributed by atoms with Gasteiger partial charge in [-0.25, -0.2) is 9.40 Å². The molecule has 174 valence electrons. The van der Waals surface area contributed by atoms with E-state index >= 15 is 0 Å². The summed E-state index contributed by atoms with van der Waals surface area (Å²) in [6.45, 7) is 3.03. The van der Waals surface area contributed by atoms with E-state index < -0.39 is 5.72 Å². The van der Waals surface area contributed by atoms with E-state index in [0.29, 0.717) is 0 Å². The number of halogens is 1. The van der Waals surface area contributed by atoms with E-state index in [-0.39, 0.29) is 11.9 Å². The zero-order valence-corrected chi connectivity index (χ0v) is 19.3. The SMILES string of the molecule is COc1cccc2c1OC1(CC[NH+](Cc3ccccc3)CC1)N1N=C(c3ccc(F)cc3)CC21. The topological polar surface area (TPSA) is 38.5 Å². The van der Waals surface area contributed by atoms with Crippen molar-refractivity contribution in [2.75, 3.05) is 20.2 Å². The molecule has 0 amide bonds. The predicted molar refractivity (Wildman–Crippen MR) is 129 cm³/mol. The van der Waals surface area contributed by atoms with E-state index in [9.17, 15) is 4.39 Å². The Kier molecular flexibility index (Phi) is 5.26. The molecule has 3 aromatic rings. The summed E-state index contributed by atoms with van der Waals surface area (Å²) >= 11 is 0. The Balaban J connectivity index is 1.33. The van der Waals surface area contributed by atoms with Crippen molar-refractivity contribution in [2.24, 2.45) is 5.10 Å². The number of quaternary nitrogens is 1. The van der Waals surface area contributed by atoms with Gasteiger partial charge in [-0.3, -0.25) is 0 Å². The third kappa shape index (κ3) is 3.62. The summed E-state index contributed by atoms with van der Waals surface area (Å²) in [5, 5.41) is 7.30. The number of para-hydroxylation sites is 1. The Hall–Kier alpha value is -3.38. The molecular formula is C28H29FN3O2+. The maximum atomic E-state index is 13.5. The molecule has 1 spiro atoms. The van der Waals surface area contributed by atoms with Gasteiger partial charge in [0.2, 0.25) is 5.72 Å². The van der Waals surface area contributed by atoms with Crippen LogP contribution in [0.4, 0.5) is 4.39 Å². The van der Waals surface area contributed by atoms with Crippen molar-refractivity contribution in [3.8, 4) is 11.5 Å². The minimum atomic E-state index is -0.506. The summed E-state index contributed by atoms with van der Waals surface area (Å²) in [4.78, 5) is 1.56. The second-order valence-electron chi connectivity index (χ2n) is 9.46. The molecule has 1 saturated heterocycles. The molecule has 1 fully saturated rings. The van der Waals surface area contributed by atoms with Crippen LogP contribution in [0.1, 0.15) is 42.0 Å². The van der Waals surface area contributed by atoms with Gasteiger partial charge in [-0.2, -0.15) is 5.10 Å². The molecule has 1 unspecified atom stereocenters. The smallest absolute Gasteiger partial charge is 0.209 e. The molecule has 34 heavy (non-hydrogen) atoms. The van der Waals surface area contributed by atoms with Gasteiger partial charge in [0.05, 0.1) is 44.8 Å². The quantitative estimate of drug-likeness (QED) is 0.644. The van der Waals surface area contributed by atoms with E-state index in [1.807, 2.05) is 24.3 Å². The number of ether oxygens (including phenoxy) is 2. The summed E-state index contributed by atoms with van der Waals surface area (Å²) in [5.41, 5.74) is 3.89. The first kappa shape index (κ1) is 21.2. The van der Waals surface area contributed by atoms with Crippen LogP contribution in [-0.2, 0) is 6.54 Å². The second kappa shape index (κ2) is 8.44. The largest absolute Gasteiger partial charge is 0.493 e. The summed E-state index contributed by atoms with van der Waals surface area (Å²) < 4.78 is 26.1. The number of hydrogen-bond acceptors (Lipinski definition) is 4. The van der Waals surface area contributed by atoms with Gasteiger partial charge < -0.3 is 14.4 Å². The molecule has 3 heterocycles.